The standard InChI is InChI=1S/C18H18FN3O5S/c1-12(17(23)20-11-13-4-6-14(19)7-5-13)27-18(24)15-3-2-8-22-9-10-28(25,26)21-16(15)22/h2-8,12H,9-11H2,1H3,(H,20,23)/t12-/m1/s1. The van der Waals surface area contributed by atoms with Crippen LogP contribution in [0, 0.1) is 5.82 Å². The first-order valence-electron chi connectivity index (χ1n) is 8.46. The van der Waals surface area contributed by atoms with Crippen molar-refractivity contribution in [3.63, 3.8) is 0 Å². The number of nitrogens with one attached hydrogen (secondary N) is 1. The number of amidine groups is 1. The summed E-state index contributed by atoms with van der Waals surface area (Å²) in [5.74, 6) is -1.94. The van der Waals surface area contributed by atoms with Gasteiger partial charge in [0.15, 0.2) is 11.9 Å². The van der Waals surface area contributed by atoms with E-state index in [1.807, 2.05) is 0 Å². The van der Waals surface area contributed by atoms with Crippen LogP contribution in [0.25, 0.3) is 0 Å². The predicted octanol–water partition coefficient (Wildman–Crippen LogP) is 0.871. The number of hydrogen-bond acceptors (Lipinski definition) is 6. The highest BCUT2D eigenvalue weighted by Gasteiger charge is 2.32. The maximum atomic E-state index is 12.9. The normalized spacial score (nSPS) is 18.4. The molecule has 2 heterocycles. The number of nitrogens with zero attached hydrogens (tertiary/aromatic N) is 2. The van der Waals surface area contributed by atoms with E-state index in [2.05, 4.69) is 9.71 Å². The van der Waals surface area contributed by atoms with E-state index in [4.69, 9.17) is 4.74 Å². The van der Waals surface area contributed by atoms with Gasteiger partial charge in [-0.2, -0.15) is 0 Å². The smallest absolute Gasteiger partial charge is 0.342 e. The van der Waals surface area contributed by atoms with Gasteiger partial charge in [-0.05, 0) is 36.8 Å². The molecule has 0 bridgehead atoms. The maximum Gasteiger partial charge on any atom is 0.342 e. The van der Waals surface area contributed by atoms with Crippen molar-refractivity contribution >= 4 is 27.7 Å². The van der Waals surface area contributed by atoms with Crippen LogP contribution in [0.1, 0.15) is 12.5 Å². The van der Waals surface area contributed by atoms with E-state index in [9.17, 15) is 22.4 Å². The molecule has 0 aliphatic carbocycles. The van der Waals surface area contributed by atoms with Crippen molar-refractivity contribution in [3.05, 3.63) is 59.6 Å². The van der Waals surface area contributed by atoms with Gasteiger partial charge < -0.3 is 15.0 Å². The molecule has 0 aromatic heterocycles. The average Bonchev–Trinajstić information content (AvgIpc) is 2.66. The number of esters is 1. The lowest BCUT2D eigenvalue weighted by molar-refractivity contribution is -0.150. The topological polar surface area (TPSA) is 105 Å². The number of amides is 1. The van der Waals surface area contributed by atoms with Gasteiger partial charge >= 0.3 is 5.97 Å². The summed E-state index contributed by atoms with van der Waals surface area (Å²) in [6, 6.07) is 5.61. The molecule has 0 radical (unpaired) electrons. The van der Waals surface area contributed by atoms with E-state index in [-0.39, 0.29) is 36.1 Å². The summed E-state index contributed by atoms with van der Waals surface area (Å²) in [6.07, 6.45) is 3.46. The van der Waals surface area contributed by atoms with Crippen LogP contribution in [0.3, 0.4) is 0 Å². The van der Waals surface area contributed by atoms with Crippen LogP contribution in [0.5, 0.6) is 0 Å². The lowest BCUT2D eigenvalue weighted by Gasteiger charge is -2.28. The Hall–Kier alpha value is -3.01. The fraction of sp³-hybridized carbons (Fsp3) is 0.278. The van der Waals surface area contributed by atoms with Gasteiger partial charge in [-0.15, -0.1) is 4.40 Å². The van der Waals surface area contributed by atoms with Gasteiger partial charge in [0.1, 0.15) is 11.4 Å². The SMILES string of the molecule is C[C@@H](OC(=O)C1=CC=CN2CCS(=O)(=O)N=C12)C(=O)NCc1ccc(F)cc1. The lowest BCUT2D eigenvalue weighted by atomic mass is 10.1. The number of benzene rings is 1. The summed E-state index contributed by atoms with van der Waals surface area (Å²) in [7, 11) is -3.65. The van der Waals surface area contributed by atoms with E-state index < -0.39 is 28.0 Å². The van der Waals surface area contributed by atoms with E-state index >= 15 is 0 Å². The largest absolute Gasteiger partial charge is 0.449 e. The molecule has 1 N–H and O–H groups in total. The number of halogens is 1. The first-order chi connectivity index (χ1) is 13.2. The van der Waals surface area contributed by atoms with Crippen LogP contribution in [0.2, 0.25) is 0 Å². The Kier molecular flexibility index (Phi) is 5.59. The highest BCUT2D eigenvalue weighted by Crippen LogP contribution is 2.19. The molecular formula is C18H18FN3O5S. The van der Waals surface area contributed by atoms with E-state index in [1.54, 1.807) is 12.3 Å². The molecule has 0 spiro atoms. The van der Waals surface area contributed by atoms with Gasteiger partial charge in [0.05, 0.1) is 5.75 Å². The van der Waals surface area contributed by atoms with Crippen molar-refractivity contribution in [2.45, 2.75) is 19.6 Å². The number of ether oxygens (including phenoxy) is 1. The fourth-order valence-electron chi connectivity index (χ4n) is 2.59. The fourth-order valence-corrected chi connectivity index (χ4v) is 3.57. The molecule has 0 unspecified atom stereocenters. The maximum absolute atomic E-state index is 12.9. The first-order valence-corrected chi connectivity index (χ1v) is 10.1. The molecule has 28 heavy (non-hydrogen) atoms. The highest BCUT2D eigenvalue weighted by atomic mass is 32.2. The molecule has 8 nitrogen and oxygen atoms in total. The third-order valence-corrected chi connectivity index (χ3v) is 5.26. The minimum absolute atomic E-state index is 0.0160. The van der Waals surface area contributed by atoms with Crippen LogP contribution in [-0.4, -0.2) is 49.4 Å². The summed E-state index contributed by atoms with van der Waals surface area (Å²) in [5.41, 5.74) is 0.648. The molecule has 2 aliphatic heterocycles. The second-order valence-electron chi connectivity index (χ2n) is 6.21. The number of carbonyl (C=O) groups is 2. The van der Waals surface area contributed by atoms with Crippen LogP contribution in [0.4, 0.5) is 4.39 Å². The third kappa shape index (κ3) is 4.63. The number of allylic oxidation sites excluding steroid dienone is 2. The summed E-state index contributed by atoms with van der Waals surface area (Å²) in [4.78, 5) is 26.1. The molecule has 1 aromatic rings. The summed E-state index contributed by atoms with van der Waals surface area (Å²) in [6.45, 7) is 1.72. The van der Waals surface area contributed by atoms with Gasteiger partial charge in [-0.1, -0.05) is 12.1 Å². The molecule has 10 heteroatoms. The Labute approximate surface area is 161 Å². The molecule has 0 saturated heterocycles. The molecule has 3 rings (SSSR count). The Morgan fingerprint density at radius 3 is 2.75 bits per heavy atom. The second kappa shape index (κ2) is 7.93. The molecule has 0 saturated carbocycles. The van der Waals surface area contributed by atoms with Crippen molar-refractivity contribution in [3.8, 4) is 0 Å². The molecule has 0 fully saturated rings. The zero-order chi connectivity index (χ0) is 20.3. The number of hydrogen-bond donors (Lipinski definition) is 1. The van der Waals surface area contributed by atoms with Crippen molar-refractivity contribution < 1.29 is 27.1 Å². The highest BCUT2D eigenvalue weighted by molar-refractivity contribution is 7.90. The summed E-state index contributed by atoms with van der Waals surface area (Å²) in [5, 5.41) is 2.59. The minimum atomic E-state index is -3.65. The molecule has 1 amide bonds. The Balaban J connectivity index is 1.62. The zero-order valence-corrected chi connectivity index (χ0v) is 15.8. The quantitative estimate of drug-likeness (QED) is 0.727. The van der Waals surface area contributed by atoms with Gasteiger partial charge in [-0.25, -0.2) is 17.6 Å². The van der Waals surface area contributed by atoms with Crippen LogP contribution in [0.15, 0.2) is 52.6 Å². The number of rotatable bonds is 5. The number of fused-ring (bicyclic) bond motifs is 1. The first kappa shape index (κ1) is 19.7. The van der Waals surface area contributed by atoms with Gasteiger partial charge in [-0.3, -0.25) is 4.79 Å². The van der Waals surface area contributed by atoms with Crippen molar-refractivity contribution in [2.24, 2.45) is 4.40 Å². The molecule has 1 atom stereocenters. The third-order valence-electron chi connectivity index (χ3n) is 4.11. The Morgan fingerprint density at radius 1 is 1.32 bits per heavy atom. The van der Waals surface area contributed by atoms with Gasteiger partial charge in [0, 0.05) is 19.3 Å². The van der Waals surface area contributed by atoms with E-state index in [0.717, 1.165) is 0 Å². The van der Waals surface area contributed by atoms with Crippen molar-refractivity contribution in [2.75, 3.05) is 12.3 Å². The van der Waals surface area contributed by atoms with Crippen LogP contribution >= 0.6 is 0 Å². The molecule has 1 aromatic carbocycles. The minimum Gasteiger partial charge on any atom is -0.449 e. The number of sulfonamides is 1. The lowest BCUT2D eigenvalue weighted by Crippen LogP contribution is -2.41. The monoisotopic (exact) mass is 407 g/mol. The predicted molar refractivity (Wildman–Crippen MR) is 99.0 cm³/mol. The van der Waals surface area contributed by atoms with Crippen molar-refractivity contribution in [1.29, 1.82) is 0 Å². The molecule has 2 aliphatic rings. The Bertz CT molecular complexity index is 983. The van der Waals surface area contributed by atoms with Crippen LogP contribution < -0.4 is 5.32 Å². The average molecular weight is 407 g/mol. The van der Waals surface area contributed by atoms with Crippen molar-refractivity contribution in [1.82, 2.24) is 10.2 Å². The number of carbonyl (C=O) groups excluding carboxylic acids is 2. The molecule has 148 valence electrons. The van der Waals surface area contributed by atoms with E-state index in [0.29, 0.717) is 5.56 Å². The van der Waals surface area contributed by atoms with Gasteiger partial charge in [0.2, 0.25) is 0 Å². The van der Waals surface area contributed by atoms with Gasteiger partial charge in [0.25, 0.3) is 15.9 Å². The molecular weight excluding hydrogens is 389 g/mol. The summed E-state index contributed by atoms with van der Waals surface area (Å²) >= 11 is 0. The zero-order valence-electron chi connectivity index (χ0n) is 15.0. The van der Waals surface area contributed by atoms with Crippen LogP contribution in [-0.2, 0) is 30.9 Å². The van der Waals surface area contributed by atoms with E-state index in [1.165, 1.54) is 42.2 Å². The second-order valence-corrected chi connectivity index (χ2v) is 7.96. The summed E-state index contributed by atoms with van der Waals surface area (Å²) < 4.78 is 45.2. The Morgan fingerprint density at radius 2 is 2.04 bits per heavy atom.